The lowest BCUT2D eigenvalue weighted by Crippen LogP contribution is -2.29. The Kier molecular flexibility index (Phi) is 4.76. The lowest BCUT2D eigenvalue weighted by Gasteiger charge is -2.18. The predicted molar refractivity (Wildman–Crippen MR) is 46.0 cm³/mol. The van der Waals surface area contributed by atoms with Crippen molar-refractivity contribution in [2.45, 2.75) is 13.2 Å². The van der Waals surface area contributed by atoms with E-state index in [0.29, 0.717) is 0 Å². The number of carbonyl (C=O) groups is 2. The van der Waals surface area contributed by atoms with Crippen LogP contribution in [0.15, 0.2) is 12.2 Å². The van der Waals surface area contributed by atoms with E-state index in [4.69, 9.17) is 9.84 Å². The summed E-state index contributed by atoms with van der Waals surface area (Å²) in [5.41, 5.74) is 0. The number of carboxylic acids is 1. The fourth-order valence-electron chi connectivity index (χ4n) is 0.452. The van der Waals surface area contributed by atoms with Crippen LogP contribution in [0, 0.1) is 0 Å². The Morgan fingerprint density at radius 2 is 1.92 bits per heavy atom. The van der Waals surface area contributed by atoms with Gasteiger partial charge in [-0.05, 0) is 21.0 Å². The molecule has 5 nitrogen and oxygen atoms in total. The van der Waals surface area contributed by atoms with Crippen LogP contribution in [0.4, 0.5) is 0 Å². The van der Waals surface area contributed by atoms with E-state index in [1.54, 1.807) is 25.9 Å². The minimum atomic E-state index is -1.17. The molecule has 5 heteroatoms. The number of esters is 1. The second-order valence-electron chi connectivity index (χ2n) is 2.67. The third-order valence-electron chi connectivity index (χ3n) is 1.38. The first-order valence-electron chi connectivity index (χ1n) is 3.71. The van der Waals surface area contributed by atoms with E-state index < -0.39 is 11.9 Å². The van der Waals surface area contributed by atoms with Crippen molar-refractivity contribution in [3.05, 3.63) is 12.2 Å². The van der Waals surface area contributed by atoms with E-state index in [9.17, 15) is 9.59 Å². The summed E-state index contributed by atoms with van der Waals surface area (Å²) < 4.78 is 4.80. The molecule has 0 radical (unpaired) electrons. The van der Waals surface area contributed by atoms with Crippen molar-refractivity contribution in [3.8, 4) is 0 Å². The summed E-state index contributed by atoms with van der Waals surface area (Å²) in [6, 6.07) is 0. The van der Waals surface area contributed by atoms with Crippen LogP contribution in [0.25, 0.3) is 0 Å². The molecular formula is C8H13NO4. The van der Waals surface area contributed by atoms with Crippen molar-refractivity contribution in [1.82, 2.24) is 4.90 Å². The van der Waals surface area contributed by atoms with Gasteiger partial charge in [-0.1, -0.05) is 0 Å². The van der Waals surface area contributed by atoms with Crippen molar-refractivity contribution in [1.29, 1.82) is 0 Å². The molecule has 1 unspecified atom stereocenters. The van der Waals surface area contributed by atoms with Gasteiger partial charge in [0, 0.05) is 12.2 Å². The SMILES string of the molecule is CC(OC(=O)/C=C/C(=O)O)N(C)C. The van der Waals surface area contributed by atoms with Gasteiger partial charge in [-0.2, -0.15) is 0 Å². The van der Waals surface area contributed by atoms with Crippen LogP contribution in [0.1, 0.15) is 6.92 Å². The van der Waals surface area contributed by atoms with Crippen molar-refractivity contribution < 1.29 is 19.4 Å². The van der Waals surface area contributed by atoms with Gasteiger partial charge in [-0.3, -0.25) is 4.90 Å². The molecule has 0 saturated carbocycles. The highest BCUT2D eigenvalue weighted by atomic mass is 16.6. The van der Waals surface area contributed by atoms with Gasteiger partial charge in [-0.15, -0.1) is 0 Å². The third kappa shape index (κ3) is 5.86. The fourth-order valence-corrected chi connectivity index (χ4v) is 0.452. The number of nitrogens with zero attached hydrogens (tertiary/aromatic N) is 1. The second kappa shape index (κ2) is 5.31. The van der Waals surface area contributed by atoms with Crippen LogP contribution in [-0.2, 0) is 14.3 Å². The second-order valence-corrected chi connectivity index (χ2v) is 2.67. The summed E-state index contributed by atoms with van der Waals surface area (Å²) >= 11 is 0. The molecule has 0 saturated heterocycles. The van der Waals surface area contributed by atoms with Crippen LogP contribution >= 0.6 is 0 Å². The lowest BCUT2D eigenvalue weighted by atomic mass is 10.5. The molecule has 0 aromatic rings. The summed E-state index contributed by atoms with van der Waals surface area (Å²) in [6.07, 6.45) is 1.25. The third-order valence-corrected chi connectivity index (χ3v) is 1.38. The molecule has 0 amide bonds. The summed E-state index contributed by atoms with van der Waals surface area (Å²) in [6.45, 7) is 1.69. The van der Waals surface area contributed by atoms with Crippen LogP contribution in [0.5, 0.6) is 0 Å². The monoisotopic (exact) mass is 187 g/mol. The lowest BCUT2D eigenvalue weighted by molar-refractivity contribution is -0.149. The maximum Gasteiger partial charge on any atom is 0.332 e. The summed E-state index contributed by atoms with van der Waals surface area (Å²) in [4.78, 5) is 22.6. The molecule has 1 atom stereocenters. The van der Waals surface area contributed by atoms with Gasteiger partial charge in [-0.25, -0.2) is 9.59 Å². The number of carbonyl (C=O) groups excluding carboxylic acids is 1. The van der Waals surface area contributed by atoms with Gasteiger partial charge >= 0.3 is 11.9 Å². The molecule has 74 valence electrons. The number of hydrogen-bond donors (Lipinski definition) is 1. The minimum absolute atomic E-state index is 0.369. The highest BCUT2D eigenvalue weighted by molar-refractivity contribution is 5.90. The number of aliphatic carboxylic acids is 1. The quantitative estimate of drug-likeness (QED) is 0.383. The summed E-state index contributed by atoms with van der Waals surface area (Å²) in [7, 11) is 3.50. The molecule has 1 N–H and O–H groups in total. The Labute approximate surface area is 76.6 Å². The first kappa shape index (κ1) is 11.6. The molecule has 0 rings (SSSR count). The van der Waals surface area contributed by atoms with Crippen LogP contribution in [-0.4, -0.2) is 42.3 Å². The zero-order valence-electron chi connectivity index (χ0n) is 7.85. The van der Waals surface area contributed by atoms with Crippen molar-refractivity contribution in [2.24, 2.45) is 0 Å². The molecule has 0 aromatic heterocycles. The van der Waals surface area contributed by atoms with Gasteiger partial charge in [0.1, 0.15) is 0 Å². The van der Waals surface area contributed by atoms with Crippen LogP contribution < -0.4 is 0 Å². The minimum Gasteiger partial charge on any atom is -0.478 e. The summed E-state index contributed by atoms with van der Waals surface area (Å²) in [5.74, 6) is -1.84. The van der Waals surface area contributed by atoms with Crippen molar-refractivity contribution in [3.63, 3.8) is 0 Å². The molecule has 0 bridgehead atoms. The Hall–Kier alpha value is -1.36. The molecule has 0 spiro atoms. The average Bonchev–Trinajstić information content (AvgIpc) is 2.00. The Morgan fingerprint density at radius 1 is 1.38 bits per heavy atom. The van der Waals surface area contributed by atoms with Crippen LogP contribution in [0.2, 0.25) is 0 Å². The standard InChI is InChI=1S/C8H13NO4/c1-6(9(2)3)13-8(12)5-4-7(10)11/h4-6H,1-3H3,(H,10,11)/b5-4+. The first-order chi connectivity index (χ1) is 5.93. The smallest absolute Gasteiger partial charge is 0.332 e. The molecular weight excluding hydrogens is 174 g/mol. The zero-order valence-corrected chi connectivity index (χ0v) is 7.85. The van der Waals surface area contributed by atoms with E-state index in [1.165, 1.54) is 0 Å². The van der Waals surface area contributed by atoms with Crippen molar-refractivity contribution in [2.75, 3.05) is 14.1 Å². The number of carboxylic acid groups (broad SMARTS) is 1. The van der Waals surface area contributed by atoms with Gasteiger partial charge in [0.25, 0.3) is 0 Å². The molecule has 0 heterocycles. The number of rotatable bonds is 4. The number of ether oxygens (including phenoxy) is 1. The Morgan fingerprint density at radius 3 is 2.31 bits per heavy atom. The van der Waals surface area contributed by atoms with E-state index in [2.05, 4.69) is 0 Å². The molecule has 0 aromatic carbocycles. The summed E-state index contributed by atoms with van der Waals surface area (Å²) in [5, 5.41) is 8.20. The highest BCUT2D eigenvalue weighted by Crippen LogP contribution is 1.95. The Balaban J connectivity index is 3.95. The zero-order chi connectivity index (χ0) is 10.4. The van der Waals surface area contributed by atoms with Crippen molar-refractivity contribution >= 4 is 11.9 Å². The van der Waals surface area contributed by atoms with Gasteiger partial charge < -0.3 is 9.84 Å². The first-order valence-corrected chi connectivity index (χ1v) is 3.71. The fraction of sp³-hybridized carbons (Fsp3) is 0.500. The maximum absolute atomic E-state index is 10.9. The van der Waals surface area contributed by atoms with Gasteiger partial charge in [0.05, 0.1) is 0 Å². The molecule has 0 aliphatic heterocycles. The van der Waals surface area contributed by atoms with E-state index in [1.807, 2.05) is 0 Å². The molecule has 0 aliphatic rings. The van der Waals surface area contributed by atoms with E-state index in [0.717, 1.165) is 12.2 Å². The van der Waals surface area contributed by atoms with E-state index in [-0.39, 0.29) is 6.23 Å². The van der Waals surface area contributed by atoms with Crippen LogP contribution in [0.3, 0.4) is 0 Å². The van der Waals surface area contributed by atoms with Gasteiger partial charge in [0.2, 0.25) is 0 Å². The van der Waals surface area contributed by atoms with E-state index >= 15 is 0 Å². The maximum atomic E-state index is 10.9. The number of hydrogen-bond acceptors (Lipinski definition) is 4. The highest BCUT2D eigenvalue weighted by Gasteiger charge is 2.08. The molecule has 13 heavy (non-hydrogen) atoms. The normalized spacial score (nSPS) is 13.2. The molecule has 0 fully saturated rings. The topological polar surface area (TPSA) is 66.8 Å². The predicted octanol–water partition coefficient (Wildman–Crippen LogP) is 0.0780. The molecule has 0 aliphatic carbocycles. The van der Waals surface area contributed by atoms with Gasteiger partial charge in [0.15, 0.2) is 6.23 Å². The average molecular weight is 187 g/mol. The Bertz CT molecular complexity index is 222. The largest absolute Gasteiger partial charge is 0.478 e.